The highest BCUT2D eigenvalue weighted by molar-refractivity contribution is 7.77. The lowest BCUT2D eigenvalue weighted by Gasteiger charge is -2.28. The van der Waals surface area contributed by atoms with Crippen molar-refractivity contribution in [3.8, 4) is 0 Å². The lowest BCUT2D eigenvalue weighted by molar-refractivity contribution is -0.178. The van der Waals surface area contributed by atoms with E-state index in [-0.39, 0.29) is 18.3 Å². The normalized spacial score (nSPS) is 14.6. The molecule has 0 aromatic heterocycles. The number of hydrogen-bond acceptors (Lipinski definition) is 8. The molecule has 0 aliphatic carbocycles. The first-order valence-corrected chi connectivity index (χ1v) is 12.4. The summed E-state index contributed by atoms with van der Waals surface area (Å²) in [5.74, 6) is -1.74. The third kappa shape index (κ3) is 11.6. The van der Waals surface area contributed by atoms with Crippen LogP contribution in [-0.4, -0.2) is 30.1 Å². The molecule has 0 radical (unpaired) electrons. The van der Waals surface area contributed by atoms with Crippen molar-refractivity contribution in [2.75, 3.05) is 0 Å². The Bertz CT molecular complexity index is 866. The van der Waals surface area contributed by atoms with E-state index in [1.54, 1.807) is 19.9 Å². The Morgan fingerprint density at radius 1 is 1.09 bits per heavy atom. The largest absolute Gasteiger partial charge is 0.459 e. The second kappa shape index (κ2) is 15.4. The van der Waals surface area contributed by atoms with Crippen molar-refractivity contribution in [2.45, 2.75) is 73.0 Å². The van der Waals surface area contributed by atoms with Crippen LogP contribution in [0.25, 0.3) is 6.08 Å². The standard InChI is InChI=1S/C27H39NO6S/c1-7-27(5,6)26(31)33-23(18-19(2)3)25(30)32-22(14-11-15-24(29)34-28-35)20(4)16-17-21-12-9-8-10-13-21/h8-13,15-17,19-20,22-23,28,35H,7,14,18H2,1-6H3/b15-11+,17-16+/t20-,22+,23+/m1/s1. The van der Waals surface area contributed by atoms with Crippen LogP contribution in [0.15, 0.2) is 48.6 Å². The van der Waals surface area contributed by atoms with Gasteiger partial charge in [0, 0.05) is 18.4 Å². The van der Waals surface area contributed by atoms with E-state index < -0.39 is 35.5 Å². The van der Waals surface area contributed by atoms with Crippen molar-refractivity contribution in [3.05, 3.63) is 54.1 Å². The Balaban J connectivity index is 3.06. The van der Waals surface area contributed by atoms with Gasteiger partial charge in [-0.05, 0) is 38.2 Å². The Kier molecular flexibility index (Phi) is 13.4. The molecule has 3 atom stereocenters. The van der Waals surface area contributed by atoms with E-state index in [4.69, 9.17) is 9.47 Å². The number of thiol groups is 1. The molecular formula is C27H39NO6S. The highest BCUT2D eigenvalue weighted by atomic mass is 32.1. The van der Waals surface area contributed by atoms with Crippen LogP contribution in [0, 0.1) is 17.3 Å². The van der Waals surface area contributed by atoms with E-state index in [0.717, 1.165) is 5.56 Å². The molecule has 0 amide bonds. The lowest BCUT2D eigenvalue weighted by atomic mass is 9.90. The van der Waals surface area contributed by atoms with Crippen LogP contribution in [0.2, 0.25) is 0 Å². The van der Waals surface area contributed by atoms with Gasteiger partial charge in [-0.15, -0.1) is 0 Å². The minimum Gasteiger partial charge on any atom is -0.459 e. The van der Waals surface area contributed by atoms with Crippen LogP contribution in [0.1, 0.15) is 66.4 Å². The molecule has 8 heteroatoms. The van der Waals surface area contributed by atoms with Gasteiger partial charge in [0.25, 0.3) is 0 Å². The summed E-state index contributed by atoms with van der Waals surface area (Å²) in [6, 6.07) is 9.75. The SMILES string of the molecule is CCC(C)(C)C(=O)O[C@@H](CC(C)C)C(=O)O[C@@H](C/C=C/C(=O)ONS)[C@H](C)/C=C/c1ccccc1. The Labute approximate surface area is 214 Å². The number of ether oxygens (including phenoxy) is 2. The number of nitrogens with one attached hydrogen (secondary N) is 1. The van der Waals surface area contributed by atoms with Crippen LogP contribution in [0.3, 0.4) is 0 Å². The third-order valence-electron chi connectivity index (χ3n) is 5.65. The molecule has 0 unspecified atom stereocenters. The first-order valence-electron chi connectivity index (χ1n) is 11.9. The molecule has 0 saturated carbocycles. The summed E-state index contributed by atoms with van der Waals surface area (Å²) in [4.78, 5) is 44.0. The number of carbonyl (C=O) groups excluding carboxylic acids is 3. The van der Waals surface area contributed by atoms with E-state index in [9.17, 15) is 14.4 Å². The number of carbonyl (C=O) groups is 3. The van der Waals surface area contributed by atoms with Gasteiger partial charge in [-0.3, -0.25) is 4.79 Å². The molecular weight excluding hydrogens is 466 g/mol. The zero-order chi connectivity index (χ0) is 26.4. The Morgan fingerprint density at radius 3 is 2.31 bits per heavy atom. The molecule has 1 aromatic rings. The molecule has 0 spiro atoms. The van der Waals surface area contributed by atoms with Crippen molar-refractivity contribution in [2.24, 2.45) is 17.3 Å². The van der Waals surface area contributed by atoms with Crippen LogP contribution < -0.4 is 4.89 Å². The van der Waals surface area contributed by atoms with E-state index in [2.05, 4.69) is 17.7 Å². The molecule has 0 aliphatic heterocycles. The van der Waals surface area contributed by atoms with Crippen molar-refractivity contribution >= 4 is 36.8 Å². The first-order chi connectivity index (χ1) is 16.5. The molecule has 0 heterocycles. The van der Waals surface area contributed by atoms with Gasteiger partial charge in [0.15, 0.2) is 6.10 Å². The Hall–Kier alpha value is -2.58. The number of rotatable bonds is 14. The molecule has 0 saturated heterocycles. The smallest absolute Gasteiger partial charge is 0.349 e. The maximum Gasteiger partial charge on any atom is 0.349 e. The highest BCUT2D eigenvalue weighted by Gasteiger charge is 2.34. The van der Waals surface area contributed by atoms with E-state index in [1.165, 1.54) is 6.08 Å². The highest BCUT2D eigenvalue weighted by Crippen LogP contribution is 2.25. The van der Waals surface area contributed by atoms with Gasteiger partial charge in [0.2, 0.25) is 0 Å². The predicted molar refractivity (Wildman–Crippen MR) is 140 cm³/mol. The van der Waals surface area contributed by atoms with Crippen molar-refractivity contribution in [1.82, 2.24) is 4.89 Å². The molecule has 0 fully saturated rings. The summed E-state index contributed by atoms with van der Waals surface area (Å²) in [7, 11) is 0. The summed E-state index contributed by atoms with van der Waals surface area (Å²) in [6.07, 6.45) is 6.28. The van der Waals surface area contributed by atoms with Gasteiger partial charge in [0.05, 0.1) is 5.41 Å². The summed E-state index contributed by atoms with van der Waals surface area (Å²) in [5.41, 5.74) is 0.307. The lowest BCUT2D eigenvalue weighted by Crippen LogP contribution is -2.38. The maximum atomic E-state index is 13.2. The maximum absolute atomic E-state index is 13.2. The van der Waals surface area contributed by atoms with Gasteiger partial charge in [-0.1, -0.05) is 94.0 Å². The number of esters is 2. The molecule has 194 valence electrons. The second-order valence-corrected chi connectivity index (χ2v) is 9.70. The van der Waals surface area contributed by atoms with E-state index in [0.29, 0.717) is 12.8 Å². The van der Waals surface area contributed by atoms with Crippen molar-refractivity contribution in [3.63, 3.8) is 0 Å². The van der Waals surface area contributed by atoms with Gasteiger partial charge in [-0.2, -0.15) is 0 Å². The van der Waals surface area contributed by atoms with Crippen LogP contribution in [0.5, 0.6) is 0 Å². The van der Waals surface area contributed by atoms with Crippen molar-refractivity contribution in [1.29, 1.82) is 0 Å². The Morgan fingerprint density at radius 2 is 1.74 bits per heavy atom. The monoisotopic (exact) mass is 505 g/mol. The second-order valence-electron chi connectivity index (χ2n) is 9.52. The van der Waals surface area contributed by atoms with Crippen LogP contribution in [-0.2, 0) is 28.7 Å². The third-order valence-corrected chi connectivity index (χ3v) is 5.74. The van der Waals surface area contributed by atoms with Gasteiger partial charge < -0.3 is 14.3 Å². The van der Waals surface area contributed by atoms with Gasteiger partial charge in [0.1, 0.15) is 6.10 Å². The average molecular weight is 506 g/mol. The quantitative estimate of drug-likeness (QED) is 0.114. The molecule has 1 rings (SSSR count). The molecule has 35 heavy (non-hydrogen) atoms. The molecule has 0 bridgehead atoms. The fourth-order valence-electron chi connectivity index (χ4n) is 2.98. The predicted octanol–water partition coefficient (Wildman–Crippen LogP) is 5.48. The van der Waals surface area contributed by atoms with Gasteiger partial charge in [-0.25, -0.2) is 9.59 Å². The zero-order valence-corrected chi connectivity index (χ0v) is 22.4. The zero-order valence-electron chi connectivity index (χ0n) is 21.5. The minimum absolute atomic E-state index is 0.113. The summed E-state index contributed by atoms with van der Waals surface area (Å²) in [5, 5.41) is 0. The first kappa shape index (κ1) is 30.5. The van der Waals surface area contributed by atoms with Crippen LogP contribution >= 0.6 is 12.8 Å². The van der Waals surface area contributed by atoms with Crippen molar-refractivity contribution < 1.29 is 28.7 Å². The van der Waals surface area contributed by atoms with E-state index >= 15 is 0 Å². The summed E-state index contributed by atoms with van der Waals surface area (Å²) >= 11 is 3.62. The van der Waals surface area contributed by atoms with Gasteiger partial charge >= 0.3 is 17.9 Å². The fourth-order valence-corrected chi connectivity index (χ4v) is 3.07. The average Bonchev–Trinajstić information content (AvgIpc) is 2.81. The minimum atomic E-state index is -1.01. The van der Waals surface area contributed by atoms with E-state index in [1.807, 2.05) is 75.1 Å². The topological polar surface area (TPSA) is 90.9 Å². The molecule has 0 aliphatic rings. The number of hydrogen-bond donors (Lipinski definition) is 2. The molecule has 7 nitrogen and oxygen atoms in total. The fraction of sp³-hybridized carbons (Fsp3) is 0.519. The summed E-state index contributed by atoms with van der Waals surface area (Å²) < 4.78 is 11.5. The number of benzene rings is 1. The van der Waals surface area contributed by atoms with Crippen LogP contribution in [0.4, 0.5) is 0 Å². The molecule has 1 N–H and O–H groups in total. The summed E-state index contributed by atoms with van der Waals surface area (Å²) in [6.45, 7) is 11.3. The molecule has 1 aromatic carbocycles.